The Morgan fingerprint density at radius 2 is 2.07 bits per heavy atom. The molecule has 1 saturated heterocycles. The van der Waals surface area contributed by atoms with Crippen molar-refractivity contribution in [1.82, 2.24) is 4.90 Å². The highest BCUT2D eigenvalue weighted by Crippen LogP contribution is 2.59. The molecule has 4 aliphatic rings. The first kappa shape index (κ1) is 18.1. The molecule has 3 atom stereocenters. The van der Waals surface area contributed by atoms with E-state index in [1.165, 1.54) is 19.3 Å². The summed E-state index contributed by atoms with van der Waals surface area (Å²) in [5.41, 5.74) is 5.18. The van der Waals surface area contributed by atoms with Crippen molar-refractivity contribution in [3.05, 3.63) is 28.8 Å². The fourth-order valence-electron chi connectivity index (χ4n) is 6.43. The molecule has 6 heteroatoms. The van der Waals surface area contributed by atoms with E-state index >= 15 is 0 Å². The number of carbonyl (C=O) groups is 2. The normalized spacial score (nSPS) is 35.0. The van der Waals surface area contributed by atoms with E-state index in [1.807, 2.05) is 6.07 Å². The van der Waals surface area contributed by atoms with E-state index in [-0.39, 0.29) is 29.6 Å². The van der Waals surface area contributed by atoms with Gasteiger partial charge in [0.1, 0.15) is 11.5 Å². The van der Waals surface area contributed by atoms with Gasteiger partial charge in [-0.1, -0.05) is 12.5 Å². The van der Waals surface area contributed by atoms with Crippen LogP contribution in [0.2, 0.25) is 0 Å². The number of nitrogens with zero attached hydrogens (tertiary/aromatic N) is 1. The topological polar surface area (TPSA) is 104 Å². The molecule has 6 nitrogen and oxygen atoms in total. The minimum Gasteiger partial charge on any atom is -0.507 e. The second kappa shape index (κ2) is 6.04. The van der Waals surface area contributed by atoms with E-state index in [1.54, 1.807) is 6.07 Å². The lowest BCUT2D eigenvalue weighted by molar-refractivity contribution is -0.175. The second-order valence-corrected chi connectivity index (χ2v) is 9.34. The molecule has 150 valence electrons. The highest BCUT2D eigenvalue weighted by molar-refractivity contribution is 5.96. The first-order valence-electron chi connectivity index (χ1n) is 10.5. The van der Waals surface area contributed by atoms with Gasteiger partial charge in [-0.25, -0.2) is 0 Å². The smallest absolute Gasteiger partial charge is 0.252 e. The number of hydrogen-bond donors (Lipinski definition) is 3. The number of nitrogens with two attached hydrogens (primary N) is 1. The van der Waals surface area contributed by atoms with Gasteiger partial charge >= 0.3 is 0 Å². The minimum absolute atomic E-state index is 0.0544. The number of carbonyl (C=O) groups excluding carboxylic acids is 2. The summed E-state index contributed by atoms with van der Waals surface area (Å²) in [4.78, 5) is 26.8. The number of amides is 1. The van der Waals surface area contributed by atoms with E-state index in [2.05, 4.69) is 4.90 Å². The van der Waals surface area contributed by atoms with Gasteiger partial charge in [-0.15, -0.1) is 0 Å². The van der Waals surface area contributed by atoms with Crippen LogP contribution < -0.4 is 5.73 Å². The van der Waals surface area contributed by atoms with E-state index in [0.717, 1.165) is 18.7 Å². The van der Waals surface area contributed by atoms with Crippen molar-refractivity contribution in [2.75, 3.05) is 13.1 Å². The highest BCUT2D eigenvalue weighted by atomic mass is 16.3. The van der Waals surface area contributed by atoms with Crippen molar-refractivity contribution >= 4 is 11.7 Å². The lowest BCUT2D eigenvalue weighted by Gasteiger charge is -2.63. The molecule has 1 aliphatic heterocycles. The third-order valence-corrected chi connectivity index (χ3v) is 8.07. The third kappa shape index (κ3) is 2.28. The van der Waals surface area contributed by atoms with Crippen LogP contribution in [0.5, 0.6) is 5.75 Å². The number of likely N-dealkylation sites (tertiary alicyclic amines) is 1. The molecular formula is C22H28N2O4. The predicted octanol–water partition coefficient (Wildman–Crippen LogP) is 1.64. The van der Waals surface area contributed by atoms with Crippen molar-refractivity contribution in [2.24, 2.45) is 11.7 Å². The lowest BCUT2D eigenvalue weighted by Crippen LogP contribution is -2.73. The molecular weight excluding hydrogens is 356 g/mol. The van der Waals surface area contributed by atoms with Gasteiger partial charge in [-0.3, -0.25) is 14.5 Å². The number of aromatic hydroxyl groups is 1. The van der Waals surface area contributed by atoms with Crippen molar-refractivity contribution in [1.29, 1.82) is 0 Å². The summed E-state index contributed by atoms with van der Waals surface area (Å²) in [6.45, 7) is 1.80. The number of primary amides is 1. The largest absolute Gasteiger partial charge is 0.507 e. The summed E-state index contributed by atoms with van der Waals surface area (Å²) in [6, 6.07) is 3.38. The SMILES string of the molecule is NC(=O)c1ccc2c(c1O)C13CCN(CC4CCC4)[C@H](C2)[C@]1(O)CCC(=O)C3. The summed E-state index contributed by atoms with van der Waals surface area (Å²) in [5.74, 6) is -0.00288. The molecule has 1 heterocycles. The van der Waals surface area contributed by atoms with Crippen LogP contribution in [-0.2, 0) is 16.6 Å². The van der Waals surface area contributed by atoms with Gasteiger partial charge in [0.05, 0.1) is 11.2 Å². The molecule has 2 saturated carbocycles. The zero-order valence-corrected chi connectivity index (χ0v) is 16.1. The summed E-state index contributed by atoms with van der Waals surface area (Å²) in [7, 11) is 0. The second-order valence-electron chi connectivity index (χ2n) is 9.34. The Hall–Kier alpha value is -1.92. The van der Waals surface area contributed by atoms with Crippen LogP contribution in [0.3, 0.4) is 0 Å². The number of hydrogen-bond acceptors (Lipinski definition) is 5. The Kier molecular flexibility index (Phi) is 3.91. The van der Waals surface area contributed by atoms with Crippen molar-refractivity contribution in [3.63, 3.8) is 0 Å². The van der Waals surface area contributed by atoms with Crippen LogP contribution in [0.1, 0.15) is 66.4 Å². The molecule has 1 amide bonds. The maximum atomic E-state index is 12.5. The number of aliphatic hydroxyl groups is 1. The average molecular weight is 384 g/mol. The van der Waals surface area contributed by atoms with Gasteiger partial charge in [0.2, 0.25) is 0 Å². The third-order valence-electron chi connectivity index (χ3n) is 8.07. The molecule has 4 N–H and O–H groups in total. The molecule has 5 rings (SSSR count). The van der Waals surface area contributed by atoms with E-state index < -0.39 is 16.9 Å². The van der Waals surface area contributed by atoms with Crippen LogP contribution in [-0.4, -0.2) is 51.5 Å². The highest BCUT2D eigenvalue weighted by Gasteiger charge is 2.65. The predicted molar refractivity (Wildman–Crippen MR) is 103 cm³/mol. The molecule has 1 aromatic carbocycles. The Balaban J connectivity index is 1.66. The number of benzene rings is 1. The monoisotopic (exact) mass is 384 g/mol. The number of ketones is 1. The van der Waals surface area contributed by atoms with Gasteiger partial charge in [-0.05, 0) is 56.2 Å². The molecule has 0 radical (unpaired) electrons. The Morgan fingerprint density at radius 1 is 1.29 bits per heavy atom. The maximum Gasteiger partial charge on any atom is 0.252 e. The van der Waals surface area contributed by atoms with Crippen LogP contribution >= 0.6 is 0 Å². The molecule has 0 aromatic heterocycles. The van der Waals surface area contributed by atoms with Gasteiger partial charge in [0.25, 0.3) is 5.91 Å². The summed E-state index contributed by atoms with van der Waals surface area (Å²) in [5, 5.41) is 23.0. The standard InChI is InChI=1S/C22H28N2O4/c23-20(27)16-5-4-14-10-17-22(28)7-6-15(25)11-21(22,18(14)19(16)26)8-9-24(17)12-13-2-1-3-13/h4-5,13,17,26,28H,1-3,6-12H2,(H2,23,27)/t17-,21?,22-/m1/s1. The van der Waals surface area contributed by atoms with Gasteiger partial charge in [0.15, 0.2) is 0 Å². The van der Waals surface area contributed by atoms with Crippen LogP contribution in [0.15, 0.2) is 12.1 Å². The van der Waals surface area contributed by atoms with Gasteiger partial charge in [0, 0.05) is 36.4 Å². The van der Waals surface area contributed by atoms with Crippen molar-refractivity contribution < 1.29 is 19.8 Å². The quantitative estimate of drug-likeness (QED) is 0.735. The van der Waals surface area contributed by atoms with Crippen LogP contribution in [0.4, 0.5) is 0 Å². The molecule has 28 heavy (non-hydrogen) atoms. The maximum absolute atomic E-state index is 12.5. The molecule has 1 aromatic rings. The fourth-order valence-corrected chi connectivity index (χ4v) is 6.43. The number of piperidine rings is 1. The van der Waals surface area contributed by atoms with E-state index in [0.29, 0.717) is 37.2 Å². The zero-order valence-electron chi connectivity index (χ0n) is 16.1. The zero-order chi connectivity index (χ0) is 19.7. The number of Topliss-reactive ketones (excluding diaryl/α,β-unsaturated/α-hetero) is 1. The molecule has 1 unspecified atom stereocenters. The molecule has 2 bridgehead atoms. The van der Waals surface area contributed by atoms with Crippen LogP contribution in [0, 0.1) is 5.92 Å². The molecule has 3 aliphatic carbocycles. The fraction of sp³-hybridized carbons (Fsp3) is 0.636. The van der Waals surface area contributed by atoms with Crippen molar-refractivity contribution in [3.8, 4) is 5.75 Å². The number of fused-ring (bicyclic) bond motifs is 1. The van der Waals surface area contributed by atoms with Crippen LogP contribution in [0.25, 0.3) is 0 Å². The Bertz CT molecular complexity index is 864. The van der Waals surface area contributed by atoms with E-state index in [9.17, 15) is 19.8 Å². The summed E-state index contributed by atoms with van der Waals surface area (Å²) < 4.78 is 0. The Morgan fingerprint density at radius 3 is 2.75 bits per heavy atom. The first-order valence-corrected chi connectivity index (χ1v) is 10.5. The summed E-state index contributed by atoms with van der Waals surface area (Å²) in [6.07, 6.45) is 6.05. The average Bonchev–Trinajstić information content (AvgIpc) is 2.59. The van der Waals surface area contributed by atoms with Gasteiger partial charge < -0.3 is 15.9 Å². The minimum atomic E-state index is -1.07. The summed E-state index contributed by atoms with van der Waals surface area (Å²) >= 11 is 0. The number of rotatable bonds is 3. The number of phenols is 1. The molecule has 3 fully saturated rings. The van der Waals surface area contributed by atoms with Crippen molar-refractivity contribution in [2.45, 2.75) is 68.4 Å². The molecule has 0 spiro atoms. The van der Waals surface area contributed by atoms with Gasteiger partial charge in [-0.2, -0.15) is 0 Å². The van der Waals surface area contributed by atoms with E-state index in [4.69, 9.17) is 5.73 Å². The Labute approximate surface area is 164 Å². The lowest BCUT2D eigenvalue weighted by atomic mass is 9.49. The first-order chi connectivity index (χ1) is 13.4.